The molecule has 0 aliphatic carbocycles. The van der Waals surface area contributed by atoms with Crippen LogP contribution < -0.4 is 10.6 Å². The Hall–Kier alpha value is -5.34. The van der Waals surface area contributed by atoms with E-state index in [0.29, 0.717) is 17.0 Å². The predicted molar refractivity (Wildman–Crippen MR) is 145 cm³/mol. The van der Waals surface area contributed by atoms with Crippen molar-refractivity contribution in [2.75, 3.05) is 19.8 Å². The van der Waals surface area contributed by atoms with Crippen molar-refractivity contribution in [3.63, 3.8) is 0 Å². The van der Waals surface area contributed by atoms with Gasteiger partial charge in [-0.3, -0.25) is 19.9 Å². The van der Waals surface area contributed by atoms with Crippen LogP contribution >= 0.6 is 0 Å². The highest BCUT2D eigenvalue weighted by atomic mass is 16.9. The smallest absolute Gasteiger partial charge is 0.336 e. The minimum Gasteiger partial charge on any atom is -0.462 e. The average molecular weight is 584 g/mol. The third-order valence-corrected chi connectivity index (χ3v) is 6.10. The van der Waals surface area contributed by atoms with E-state index in [1.165, 1.54) is 36.7 Å². The number of nitro benzene ring substituents is 1. The van der Waals surface area contributed by atoms with Crippen LogP contribution in [0.4, 0.5) is 5.69 Å². The molecule has 1 aliphatic rings. The molecule has 2 heterocycles. The molecule has 15 heteroatoms. The lowest BCUT2D eigenvalue weighted by Gasteiger charge is -2.30. The van der Waals surface area contributed by atoms with Crippen LogP contribution in [0.3, 0.4) is 0 Å². The van der Waals surface area contributed by atoms with Crippen LogP contribution in [0.1, 0.15) is 49.0 Å². The van der Waals surface area contributed by atoms with Gasteiger partial charge < -0.3 is 24.9 Å². The molecule has 0 radical (unpaired) electrons. The van der Waals surface area contributed by atoms with Gasteiger partial charge in [0, 0.05) is 42.3 Å². The Morgan fingerprint density at radius 2 is 1.71 bits per heavy atom. The van der Waals surface area contributed by atoms with Crippen LogP contribution in [0, 0.1) is 20.2 Å². The molecule has 0 bridgehead atoms. The van der Waals surface area contributed by atoms with E-state index in [0.717, 1.165) is 0 Å². The zero-order valence-electron chi connectivity index (χ0n) is 23.0. The number of esters is 2. The number of hydrogen-bond donors (Lipinski definition) is 2. The lowest BCUT2D eigenvalue weighted by Crippen LogP contribution is -2.38. The van der Waals surface area contributed by atoms with Crippen molar-refractivity contribution >= 4 is 23.5 Å². The number of benzene rings is 1. The minimum atomic E-state index is -1.11. The fraction of sp³-hybridized carbons (Fsp3) is 0.333. The number of nitro groups is 1. The molecule has 1 aliphatic heterocycles. The van der Waals surface area contributed by atoms with Crippen LogP contribution in [0.5, 0.6) is 0 Å². The molecular formula is C27H29N5O10. The molecule has 3 rings (SSSR count). The molecule has 222 valence electrons. The summed E-state index contributed by atoms with van der Waals surface area (Å²) in [5, 5.41) is 26.6. The second-order valence-electron chi connectivity index (χ2n) is 9.25. The third-order valence-electron chi connectivity index (χ3n) is 6.10. The fourth-order valence-corrected chi connectivity index (χ4v) is 4.25. The Bertz CT molecular complexity index is 1420. The van der Waals surface area contributed by atoms with Crippen LogP contribution in [0.25, 0.3) is 0 Å². The van der Waals surface area contributed by atoms with E-state index in [2.05, 4.69) is 20.5 Å². The zero-order chi connectivity index (χ0) is 30.8. The quantitative estimate of drug-likeness (QED) is 0.151. The fourth-order valence-electron chi connectivity index (χ4n) is 4.25. The number of rotatable bonds is 13. The molecular weight excluding hydrogens is 554 g/mol. The van der Waals surface area contributed by atoms with E-state index in [9.17, 15) is 34.6 Å². The zero-order valence-corrected chi connectivity index (χ0v) is 23.0. The molecule has 0 fully saturated rings. The first-order valence-corrected chi connectivity index (χ1v) is 12.7. The summed E-state index contributed by atoms with van der Waals surface area (Å²) < 4.78 is 10.8. The number of nitrogens with zero attached hydrogens (tertiary/aromatic N) is 3. The number of carbonyl (C=O) groups is 3. The Labute approximate surface area is 239 Å². The number of hydrogen-bond acceptors (Lipinski definition) is 12. The number of non-ortho nitro benzene ring substituents is 1. The molecule has 1 amide bonds. The first-order valence-electron chi connectivity index (χ1n) is 12.7. The van der Waals surface area contributed by atoms with Crippen molar-refractivity contribution in [1.29, 1.82) is 0 Å². The number of nitrogens with one attached hydrogen (secondary N) is 2. The average Bonchev–Trinajstić information content (AvgIpc) is 2.95. The van der Waals surface area contributed by atoms with Gasteiger partial charge in [-0.15, -0.1) is 10.1 Å². The van der Waals surface area contributed by atoms with E-state index < -0.39 is 39.8 Å². The molecule has 2 unspecified atom stereocenters. The van der Waals surface area contributed by atoms with Gasteiger partial charge in [-0.2, -0.15) is 0 Å². The highest BCUT2D eigenvalue weighted by Crippen LogP contribution is 2.40. The largest absolute Gasteiger partial charge is 0.462 e. The molecule has 1 aromatic carbocycles. The van der Waals surface area contributed by atoms with Crippen molar-refractivity contribution in [2.24, 2.45) is 0 Å². The van der Waals surface area contributed by atoms with E-state index in [1.54, 1.807) is 32.9 Å². The predicted octanol–water partition coefficient (Wildman–Crippen LogP) is 2.73. The van der Waals surface area contributed by atoms with Crippen molar-refractivity contribution in [3.8, 4) is 0 Å². The maximum Gasteiger partial charge on any atom is 0.336 e. The molecule has 2 aromatic rings. The molecule has 2 atom stereocenters. The first-order chi connectivity index (χ1) is 20.0. The van der Waals surface area contributed by atoms with E-state index in [-0.39, 0.29) is 48.6 Å². The van der Waals surface area contributed by atoms with Crippen LogP contribution in [-0.4, -0.2) is 58.7 Å². The Morgan fingerprint density at radius 1 is 1.02 bits per heavy atom. The summed E-state index contributed by atoms with van der Waals surface area (Å²) in [6.45, 7) is 4.07. The van der Waals surface area contributed by atoms with Gasteiger partial charge in [0.1, 0.15) is 6.61 Å². The molecule has 42 heavy (non-hydrogen) atoms. The number of dihydropyridines is 1. The lowest BCUT2D eigenvalue weighted by atomic mass is 9.80. The highest BCUT2D eigenvalue weighted by Gasteiger charge is 2.38. The summed E-state index contributed by atoms with van der Waals surface area (Å²) in [5.74, 6) is -3.19. The number of allylic oxidation sites excluding steroid dienone is 2. The maximum atomic E-state index is 13.5. The second-order valence-corrected chi connectivity index (χ2v) is 9.25. The number of carbonyl (C=O) groups excluding carboxylic acids is 3. The van der Waals surface area contributed by atoms with E-state index in [1.807, 2.05) is 0 Å². The topological polar surface area (TPSA) is 202 Å². The number of pyridine rings is 1. The van der Waals surface area contributed by atoms with Crippen molar-refractivity contribution in [3.05, 3.63) is 103 Å². The van der Waals surface area contributed by atoms with Gasteiger partial charge in [0.2, 0.25) is 0 Å². The molecule has 1 aromatic heterocycles. The standard InChI is InChI=1S/C27H29N5O10/c1-16(29-25(33)20-8-5-10-28-14-20)15-41-27(35)23-18(3)30-17(2)22(26(34)40-11-6-12-42-32(38)39)24(23)19-7-4-9-21(13-19)31(36)37/h4-5,7-10,13-14,16,24,30H,6,11-12,15H2,1-3H3,(H,29,33). The summed E-state index contributed by atoms with van der Waals surface area (Å²) in [7, 11) is 0. The Kier molecular flexibility index (Phi) is 10.6. The van der Waals surface area contributed by atoms with Gasteiger partial charge in [0.25, 0.3) is 16.7 Å². The van der Waals surface area contributed by atoms with Crippen LogP contribution in [0.2, 0.25) is 0 Å². The van der Waals surface area contributed by atoms with E-state index in [4.69, 9.17) is 9.47 Å². The number of aromatic nitrogens is 1. The maximum absolute atomic E-state index is 13.5. The van der Waals surface area contributed by atoms with Crippen molar-refractivity contribution in [2.45, 2.75) is 39.2 Å². The van der Waals surface area contributed by atoms with E-state index >= 15 is 0 Å². The normalized spacial score (nSPS) is 15.3. The van der Waals surface area contributed by atoms with Gasteiger partial charge in [-0.1, -0.05) is 12.1 Å². The number of amides is 1. The van der Waals surface area contributed by atoms with Crippen molar-refractivity contribution < 1.29 is 38.7 Å². The third kappa shape index (κ3) is 8.09. The van der Waals surface area contributed by atoms with Gasteiger partial charge in [-0.25, -0.2) is 9.59 Å². The molecule has 2 N–H and O–H groups in total. The van der Waals surface area contributed by atoms with Gasteiger partial charge in [-0.05, 0) is 38.5 Å². The van der Waals surface area contributed by atoms with Gasteiger partial charge >= 0.3 is 11.9 Å². The molecule has 0 spiro atoms. The molecule has 0 saturated heterocycles. The summed E-state index contributed by atoms with van der Waals surface area (Å²) in [6.07, 6.45) is 2.95. The summed E-state index contributed by atoms with van der Waals surface area (Å²) in [4.78, 5) is 68.5. The lowest BCUT2D eigenvalue weighted by molar-refractivity contribution is -0.757. The first kappa shape index (κ1) is 31.2. The SMILES string of the molecule is CC1=C(C(=O)OCCCO[N+](=O)[O-])C(c2cccc([N+](=O)[O-])c2)C(C(=O)OCC(C)NC(=O)c2cccnc2)=C(C)N1. The van der Waals surface area contributed by atoms with Crippen LogP contribution in [0.15, 0.2) is 71.3 Å². The highest BCUT2D eigenvalue weighted by molar-refractivity contribution is 6.00. The number of ether oxygens (including phenoxy) is 2. The van der Waals surface area contributed by atoms with Gasteiger partial charge in [0.05, 0.1) is 46.8 Å². The Morgan fingerprint density at radius 3 is 2.33 bits per heavy atom. The van der Waals surface area contributed by atoms with Gasteiger partial charge in [0.15, 0.2) is 0 Å². The minimum absolute atomic E-state index is 0.00108. The summed E-state index contributed by atoms with van der Waals surface area (Å²) in [5.41, 5.74) is 1.02. The molecule has 0 saturated carbocycles. The van der Waals surface area contributed by atoms with Crippen LogP contribution in [-0.2, 0) is 23.9 Å². The molecule has 15 nitrogen and oxygen atoms in total. The second kappa shape index (κ2) is 14.3. The Balaban J connectivity index is 1.84. The van der Waals surface area contributed by atoms with Crippen molar-refractivity contribution in [1.82, 2.24) is 15.6 Å². The monoisotopic (exact) mass is 583 g/mol. The summed E-state index contributed by atoms with van der Waals surface area (Å²) >= 11 is 0. The summed E-state index contributed by atoms with van der Waals surface area (Å²) in [6, 6.07) is 8.07.